The van der Waals surface area contributed by atoms with Gasteiger partial charge in [0, 0.05) is 22.9 Å². The summed E-state index contributed by atoms with van der Waals surface area (Å²) >= 11 is 5.21. The number of nitrogens with one attached hydrogen (secondary N) is 1. The van der Waals surface area contributed by atoms with Crippen LogP contribution in [-0.4, -0.2) is 10.5 Å². The molecule has 3 aromatic rings. The van der Waals surface area contributed by atoms with E-state index < -0.39 is 0 Å². The summed E-state index contributed by atoms with van der Waals surface area (Å²) in [6.45, 7) is 2.59. The van der Waals surface area contributed by atoms with Gasteiger partial charge in [0.2, 0.25) is 0 Å². The van der Waals surface area contributed by atoms with Crippen molar-refractivity contribution >= 4 is 43.4 Å². The van der Waals surface area contributed by atoms with Crippen molar-refractivity contribution < 1.29 is 4.79 Å². The smallest absolute Gasteiger partial charge is 0.268 e. The number of halogens is 1. The van der Waals surface area contributed by atoms with Gasteiger partial charge in [-0.25, -0.2) is 0 Å². The number of fused-ring (bicyclic) bond motifs is 1. The first-order valence-corrected chi connectivity index (χ1v) is 8.24. The van der Waals surface area contributed by atoms with Gasteiger partial charge in [-0.3, -0.25) is 4.79 Å². The van der Waals surface area contributed by atoms with E-state index >= 15 is 0 Å². The highest BCUT2D eigenvalue weighted by Gasteiger charge is 2.14. The minimum atomic E-state index is -0.0469. The summed E-state index contributed by atoms with van der Waals surface area (Å²) in [5.74, 6) is -0.0469. The Morgan fingerprint density at radius 2 is 2.10 bits per heavy atom. The molecule has 1 N–H and O–H groups in total. The Morgan fingerprint density at radius 1 is 1.33 bits per heavy atom. The van der Waals surface area contributed by atoms with E-state index in [-0.39, 0.29) is 5.91 Å². The lowest BCUT2D eigenvalue weighted by atomic mass is 10.2. The lowest BCUT2D eigenvalue weighted by Crippen LogP contribution is -2.25. The number of hydrogen-bond donors (Lipinski definition) is 1. The van der Waals surface area contributed by atoms with Crippen LogP contribution in [0.4, 0.5) is 0 Å². The lowest BCUT2D eigenvalue weighted by molar-refractivity contribution is 0.0943. The molecule has 3 rings (SSSR count). The Morgan fingerprint density at radius 3 is 2.81 bits per heavy atom. The number of aryl methyl sites for hydroxylation is 2. The third-order valence-corrected chi connectivity index (χ3v) is 5.24. The Hall–Kier alpha value is -1.59. The lowest BCUT2D eigenvalue weighted by Gasteiger charge is -2.08. The highest BCUT2D eigenvalue weighted by atomic mass is 79.9. The largest absolute Gasteiger partial charge is 0.347 e. The maximum atomic E-state index is 12.4. The third kappa shape index (κ3) is 2.76. The zero-order valence-corrected chi connectivity index (χ0v) is 14.2. The normalized spacial score (nSPS) is 11.0. The molecule has 2 heterocycles. The maximum Gasteiger partial charge on any atom is 0.268 e. The van der Waals surface area contributed by atoms with Gasteiger partial charge in [-0.1, -0.05) is 34.1 Å². The van der Waals surface area contributed by atoms with Crippen LogP contribution in [0.25, 0.3) is 10.2 Å². The molecule has 0 radical (unpaired) electrons. The number of thiophene rings is 1. The number of benzene rings is 1. The van der Waals surface area contributed by atoms with Gasteiger partial charge in [0.15, 0.2) is 0 Å². The molecule has 1 aromatic carbocycles. The topological polar surface area (TPSA) is 34.0 Å². The van der Waals surface area contributed by atoms with Crippen LogP contribution in [0, 0.1) is 6.92 Å². The second kappa shape index (κ2) is 5.66. The molecule has 5 heteroatoms. The van der Waals surface area contributed by atoms with E-state index in [2.05, 4.69) is 34.2 Å². The van der Waals surface area contributed by atoms with Gasteiger partial charge < -0.3 is 9.88 Å². The van der Waals surface area contributed by atoms with E-state index in [0.29, 0.717) is 12.2 Å². The van der Waals surface area contributed by atoms with Crippen molar-refractivity contribution in [2.45, 2.75) is 13.5 Å². The monoisotopic (exact) mass is 362 g/mol. The molecule has 3 nitrogen and oxygen atoms in total. The highest BCUT2D eigenvalue weighted by Crippen LogP contribution is 2.27. The summed E-state index contributed by atoms with van der Waals surface area (Å²) in [4.78, 5) is 13.6. The number of carbonyl (C=O) groups excluding carboxylic acids is 1. The van der Waals surface area contributed by atoms with Crippen molar-refractivity contribution in [1.82, 2.24) is 9.88 Å². The first-order chi connectivity index (χ1) is 10.1. The number of aromatic nitrogens is 1. The summed E-state index contributed by atoms with van der Waals surface area (Å²) in [5, 5.41) is 2.98. The molecule has 0 atom stereocenters. The predicted molar refractivity (Wildman–Crippen MR) is 90.8 cm³/mol. The van der Waals surface area contributed by atoms with Crippen molar-refractivity contribution in [2.24, 2.45) is 7.05 Å². The first kappa shape index (κ1) is 14.4. The Bertz CT molecular complexity index is 819. The molecule has 0 bridgehead atoms. The molecule has 0 saturated heterocycles. The zero-order valence-electron chi connectivity index (χ0n) is 11.8. The van der Waals surface area contributed by atoms with Crippen LogP contribution in [0.3, 0.4) is 0 Å². The van der Waals surface area contributed by atoms with Crippen molar-refractivity contribution in [2.75, 3.05) is 0 Å². The Kier molecular flexibility index (Phi) is 3.87. The van der Waals surface area contributed by atoms with Gasteiger partial charge in [-0.2, -0.15) is 0 Å². The molecule has 0 aliphatic carbocycles. The average Bonchev–Trinajstić information content (AvgIpc) is 2.96. The van der Waals surface area contributed by atoms with E-state index in [0.717, 1.165) is 20.3 Å². The first-order valence-electron chi connectivity index (χ1n) is 6.63. The van der Waals surface area contributed by atoms with Crippen LogP contribution in [-0.2, 0) is 13.6 Å². The Labute approximate surface area is 135 Å². The summed E-state index contributed by atoms with van der Waals surface area (Å²) in [5.41, 5.74) is 2.88. The van der Waals surface area contributed by atoms with Gasteiger partial charge in [0.05, 0.1) is 10.2 Å². The zero-order chi connectivity index (χ0) is 15.0. The number of nitrogens with zero attached hydrogens (tertiary/aromatic N) is 1. The highest BCUT2D eigenvalue weighted by molar-refractivity contribution is 9.10. The number of rotatable bonds is 3. The Balaban J connectivity index is 1.79. The fourth-order valence-corrected chi connectivity index (χ4v) is 3.77. The number of hydrogen-bond acceptors (Lipinski definition) is 2. The minimum Gasteiger partial charge on any atom is -0.347 e. The minimum absolute atomic E-state index is 0.0469. The van der Waals surface area contributed by atoms with Gasteiger partial charge in [-0.05, 0) is 30.7 Å². The molecule has 21 heavy (non-hydrogen) atoms. The van der Waals surface area contributed by atoms with Crippen LogP contribution in [0.1, 0.15) is 20.9 Å². The molecule has 2 aromatic heterocycles. The summed E-state index contributed by atoms with van der Waals surface area (Å²) < 4.78 is 4.11. The SMILES string of the molecule is Cc1cc2c(cc(C(=O)NCc3ccccc3Br)n2C)s1. The van der Waals surface area contributed by atoms with E-state index in [9.17, 15) is 4.79 Å². The van der Waals surface area contributed by atoms with E-state index in [1.807, 2.05) is 41.9 Å². The molecule has 0 aliphatic heterocycles. The van der Waals surface area contributed by atoms with E-state index in [4.69, 9.17) is 0 Å². The van der Waals surface area contributed by atoms with Crippen molar-refractivity contribution in [3.8, 4) is 0 Å². The molecular formula is C16H15BrN2OS. The molecule has 0 aliphatic rings. The maximum absolute atomic E-state index is 12.4. The standard InChI is InChI=1S/C16H15BrN2OS/c1-10-7-13-15(21-10)8-14(19(13)2)16(20)18-9-11-5-3-4-6-12(11)17/h3-8H,9H2,1-2H3,(H,18,20). The van der Waals surface area contributed by atoms with E-state index in [1.165, 1.54) is 4.88 Å². The third-order valence-electron chi connectivity index (χ3n) is 3.48. The molecule has 0 spiro atoms. The summed E-state index contributed by atoms with van der Waals surface area (Å²) in [6, 6.07) is 12.0. The van der Waals surface area contributed by atoms with Gasteiger partial charge in [-0.15, -0.1) is 11.3 Å². The van der Waals surface area contributed by atoms with Gasteiger partial charge >= 0.3 is 0 Å². The van der Waals surface area contributed by atoms with Crippen LogP contribution >= 0.6 is 27.3 Å². The second-order valence-electron chi connectivity index (χ2n) is 4.97. The van der Waals surface area contributed by atoms with Crippen molar-refractivity contribution in [3.05, 3.63) is 57.0 Å². The molecule has 108 valence electrons. The fourth-order valence-electron chi connectivity index (χ4n) is 2.36. The number of amides is 1. The number of carbonyl (C=O) groups is 1. The summed E-state index contributed by atoms with van der Waals surface area (Å²) in [6.07, 6.45) is 0. The summed E-state index contributed by atoms with van der Waals surface area (Å²) in [7, 11) is 1.93. The molecule has 0 unspecified atom stereocenters. The van der Waals surface area contributed by atoms with Crippen molar-refractivity contribution in [3.63, 3.8) is 0 Å². The second-order valence-corrected chi connectivity index (χ2v) is 7.11. The van der Waals surface area contributed by atoms with Crippen molar-refractivity contribution in [1.29, 1.82) is 0 Å². The fraction of sp³-hybridized carbons (Fsp3) is 0.188. The van der Waals surface area contributed by atoms with Gasteiger partial charge in [0.1, 0.15) is 5.69 Å². The molecule has 1 amide bonds. The molecule has 0 saturated carbocycles. The molecule has 0 fully saturated rings. The average molecular weight is 363 g/mol. The van der Waals surface area contributed by atoms with Crippen LogP contribution in [0.15, 0.2) is 40.9 Å². The quantitative estimate of drug-likeness (QED) is 0.742. The van der Waals surface area contributed by atoms with Crippen LogP contribution in [0.5, 0.6) is 0 Å². The van der Waals surface area contributed by atoms with E-state index in [1.54, 1.807) is 11.3 Å². The van der Waals surface area contributed by atoms with Crippen LogP contribution < -0.4 is 5.32 Å². The van der Waals surface area contributed by atoms with Crippen LogP contribution in [0.2, 0.25) is 0 Å². The predicted octanol–water partition coefficient (Wildman–Crippen LogP) is 4.24. The molecular weight excluding hydrogens is 348 g/mol. The van der Waals surface area contributed by atoms with Gasteiger partial charge in [0.25, 0.3) is 5.91 Å².